The Morgan fingerprint density at radius 2 is 2.62 bits per heavy atom. The molecule has 2 bridgehead atoms. The fourth-order valence-electron chi connectivity index (χ4n) is 2.28. The van der Waals surface area contributed by atoms with Crippen LogP contribution >= 0.6 is 0 Å². The van der Waals surface area contributed by atoms with Crippen molar-refractivity contribution in [2.45, 2.75) is 12.6 Å². The van der Waals surface area contributed by atoms with Gasteiger partial charge in [-0.15, -0.1) is 0 Å². The molecule has 3 atom stereocenters. The Bertz CT molecular complexity index is 384. The Morgan fingerprint density at radius 3 is 3.31 bits per heavy atom. The van der Waals surface area contributed by atoms with Crippen molar-refractivity contribution < 1.29 is 9.15 Å². The predicted octanol–water partition coefficient (Wildman–Crippen LogP) is 1.13. The summed E-state index contributed by atoms with van der Waals surface area (Å²) in [6.07, 6.45) is 7.51. The zero-order valence-corrected chi connectivity index (χ0v) is 6.80. The van der Waals surface area contributed by atoms with E-state index in [0.29, 0.717) is 17.9 Å². The fraction of sp³-hybridized carbons (Fsp3) is 0.444. The minimum Gasteiger partial charge on any atom is -0.464 e. The van der Waals surface area contributed by atoms with E-state index in [4.69, 9.17) is 9.15 Å². The van der Waals surface area contributed by atoms with Crippen LogP contribution in [-0.4, -0.2) is 11.2 Å². The van der Waals surface area contributed by atoms with Crippen molar-refractivity contribution in [2.75, 3.05) is 4.90 Å². The molecule has 1 radical (unpaired) electrons. The number of ether oxygens (including phenoxy) is 1. The Labute approximate surface area is 74.8 Å². The number of aromatic nitrogens is 1. The number of rotatable bonds is 1. The van der Waals surface area contributed by atoms with Crippen LogP contribution in [0.25, 0.3) is 0 Å². The summed E-state index contributed by atoms with van der Waals surface area (Å²) in [6.45, 7) is 0. The van der Waals surface area contributed by atoms with Gasteiger partial charge in [-0.2, -0.15) is 0 Å². The van der Waals surface area contributed by atoms with Crippen LogP contribution in [0.5, 0.6) is 0 Å². The van der Waals surface area contributed by atoms with Gasteiger partial charge >= 0.3 is 6.01 Å². The van der Waals surface area contributed by atoms with E-state index in [-0.39, 0.29) is 6.23 Å². The molecule has 13 heavy (non-hydrogen) atoms. The lowest BCUT2D eigenvalue weighted by Crippen LogP contribution is -2.28. The molecule has 0 spiro atoms. The summed E-state index contributed by atoms with van der Waals surface area (Å²) in [5.74, 6) is 1.31. The van der Waals surface area contributed by atoms with E-state index in [1.165, 1.54) is 6.42 Å². The second-order valence-corrected chi connectivity index (χ2v) is 3.69. The summed E-state index contributed by atoms with van der Waals surface area (Å²) < 4.78 is 10.6. The largest absolute Gasteiger partial charge is 0.464 e. The maximum absolute atomic E-state index is 5.38. The van der Waals surface area contributed by atoms with Crippen molar-refractivity contribution in [2.24, 2.45) is 11.8 Å². The van der Waals surface area contributed by atoms with Crippen molar-refractivity contribution >= 4 is 6.01 Å². The average Bonchev–Trinajstić information content (AvgIpc) is 2.61. The SMILES string of the molecule is [C]1=C2C3CC3C(O1)N2c1ncco1. The zero-order valence-electron chi connectivity index (χ0n) is 6.80. The summed E-state index contributed by atoms with van der Waals surface area (Å²) in [6, 6.07) is 0.636. The highest BCUT2D eigenvalue weighted by atomic mass is 16.5. The van der Waals surface area contributed by atoms with Crippen LogP contribution in [0.2, 0.25) is 0 Å². The van der Waals surface area contributed by atoms with Crippen LogP contribution in [0.3, 0.4) is 0 Å². The third-order valence-electron chi connectivity index (χ3n) is 2.98. The molecule has 0 N–H and O–H groups in total. The molecule has 1 aromatic rings. The van der Waals surface area contributed by atoms with Crippen LogP contribution in [0.1, 0.15) is 6.42 Å². The number of hydrogen-bond donors (Lipinski definition) is 0. The predicted molar refractivity (Wildman–Crippen MR) is 42.2 cm³/mol. The Balaban J connectivity index is 1.82. The van der Waals surface area contributed by atoms with Crippen molar-refractivity contribution in [3.63, 3.8) is 0 Å². The van der Waals surface area contributed by atoms with Gasteiger partial charge in [0.15, 0.2) is 12.5 Å². The molecular weight excluding hydrogens is 168 g/mol. The molecule has 2 fully saturated rings. The molecule has 1 aromatic heterocycles. The Kier molecular flexibility index (Phi) is 0.810. The molecule has 1 aliphatic carbocycles. The maximum atomic E-state index is 5.38. The molecule has 65 valence electrons. The monoisotopic (exact) mass is 175 g/mol. The second-order valence-electron chi connectivity index (χ2n) is 3.69. The van der Waals surface area contributed by atoms with E-state index >= 15 is 0 Å². The molecule has 1 saturated heterocycles. The van der Waals surface area contributed by atoms with Crippen LogP contribution < -0.4 is 4.90 Å². The summed E-state index contributed by atoms with van der Waals surface area (Å²) in [5, 5.41) is 0. The zero-order chi connectivity index (χ0) is 8.41. The number of allylic oxidation sites excluding steroid dienone is 1. The lowest BCUT2D eigenvalue weighted by Gasteiger charge is -2.18. The normalized spacial score (nSPS) is 38.6. The highest BCUT2D eigenvalue weighted by molar-refractivity contribution is 5.48. The summed E-state index contributed by atoms with van der Waals surface area (Å²) >= 11 is 0. The Hall–Kier alpha value is -1.45. The van der Waals surface area contributed by atoms with E-state index < -0.39 is 0 Å². The molecule has 0 aromatic carbocycles. The van der Waals surface area contributed by atoms with Gasteiger partial charge in [0.2, 0.25) is 0 Å². The number of fused-ring (bicyclic) bond motifs is 5. The van der Waals surface area contributed by atoms with Gasteiger partial charge in [0, 0.05) is 11.8 Å². The summed E-state index contributed by atoms with van der Waals surface area (Å²) in [4.78, 5) is 6.13. The van der Waals surface area contributed by atoms with Gasteiger partial charge in [-0.1, -0.05) is 0 Å². The minimum absolute atomic E-state index is 0.110. The second kappa shape index (κ2) is 1.73. The van der Waals surface area contributed by atoms with Crippen molar-refractivity contribution in [1.82, 2.24) is 4.98 Å². The Morgan fingerprint density at radius 1 is 1.62 bits per heavy atom. The molecule has 3 heterocycles. The van der Waals surface area contributed by atoms with Gasteiger partial charge in [-0.05, 0) is 6.42 Å². The quantitative estimate of drug-likeness (QED) is 0.641. The minimum atomic E-state index is 0.110. The van der Waals surface area contributed by atoms with E-state index in [1.807, 2.05) is 4.90 Å². The smallest absolute Gasteiger partial charge is 0.304 e. The van der Waals surface area contributed by atoms with Crippen LogP contribution in [0, 0.1) is 18.1 Å². The summed E-state index contributed by atoms with van der Waals surface area (Å²) in [5.41, 5.74) is 1.12. The molecule has 4 nitrogen and oxygen atoms in total. The molecule has 1 saturated carbocycles. The topological polar surface area (TPSA) is 38.5 Å². The van der Waals surface area contributed by atoms with Crippen LogP contribution in [-0.2, 0) is 4.74 Å². The van der Waals surface area contributed by atoms with Crippen molar-refractivity contribution in [3.8, 4) is 0 Å². The van der Waals surface area contributed by atoms with Gasteiger partial charge in [-0.25, -0.2) is 4.98 Å². The molecule has 4 rings (SSSR count). The maximum Gasteiger partial charge on any atom is 0.304 e. The number of nitrogens with zero attached hydrogens (tertiary/aromatic N) is 2. The molecule has 0 amide bonds. The average molecular weight is 175 g/mol. The first kappa shape index (κ1) is 6.07. The van der Waals surface area contributed by atoms with E-state index in [1.54, 1.807) is 12.5 Å². The molecule has 2 aliphatic heterocycles. The third-order valence-corrected chi connectivity index (χ3v) is 2.98. The lowest BCUT2D eigenvalue weighted by molar-refractivity contribution is 0.131. The van der Waals surface area contributed by atoms with Gasteiger partial charge in [0.05, 0.1) is 11.9 Å². The van der Waals surface area contributed by atoms with Gasteiger partial charge in [-0.3, -0.25) is 4.90 Å². The van der Waals surface area contributed by atoms with E-state index in [0.717, 1.165) is 5.70 Å². The van der Waals surface area contributed by atoms with Gasteiger partial charge < -0.3 is 9.15 Å². The highest BCUT2D eigenvalue weighted by Gasteiger charge is 2.62. The fourth-order valence-corrected chi connectivity index (χ4v) is 2.28. The number of oxazole rings is 1. The highest BCUT2D eigenvalue weighted by Crippen LogP contribution is 2.59. The number of anilines is 1. The van der Waals surface area contributed by atoms with Crippen molar-refractivity contribution in [1.29, 1.82) is 0 Å². The van der Waals surface area contributed by atoms with Gasteiger partial charge in [0.25, 0.3) is 0 Å². The van der Waals surface area contributed by atoms with Gasteiger partial charge in [0.1, 0.15) is 6.26 Å². The van der Waals surface area contributed by atoms with Crippen LogP contribution in [0.15, 0.2) is 22.6 Å². The van der Waals surface area contributed by atoms with E-state index in [2.05, 4.69) is 11.2 Å². The first-order valence-electron chi connectivity index (χ1n) is 4.42. The lowest BCUT2D eigenvalue weighted by atomic mass is 10.3. The van der Waals surface area contributed by atoms with E-state index in [9.17, 15) is 0 Å². The molecular formula is C9H7N2O2. The summed E-state index contributed by atoms with van der Waals surface area (Å²) in [7, 11) is 0. The number of hydrogen-bond acceptors (Lipinski definition) is 4. The standard InChI is InChI=1S/C9H7N2O2/c1-2-12-9(10-1)11-7-4-13-8(11)6-3-5(6)7/h1-2,5-6,8H,3H2. The third kappa shape index (κ3) is 0.577. The number of piperidine rings is 1. The molecule has 4 heteroatoms. The molecule has 3 unspecified atom stereocenters. The van der Waals surface area contributed by atoms with Crippen LogP contribution in [0.4, 0.5) is 6.01 Å². The molecule has 3 aliphatic rings. The van der Waals surface area contributed by atoms with Crippen molar-refractivity contribution in [3.05, 3.63) is 24.4 Å². The first-order valence-corrected chi connectivity index (χ1v) is 4.42. The first-order chi connectivity index (χ1) is 6.45.